The summed E-state index contributed by atoms with van der Waals surface area (Å²) in [5.74, 6) is 0.830. The molecule has 0 aromatic heterocycles. The summed E-state index contributed by atoms with van der Waals surface area (Å²) in [4.78, 5) is 0. The van der Waals surface area contributed by atoms with Crippen LogP contribution in [0.15, 0.2) is 36.4 Å². The predicted octanol–water partition coefficient (Wildman–Crippen LogP) is 5.08. The Bertz CT molecular complexity index is 616. The van der Waals surface area contributed by atoms with Crippen LogP contribution in [-0.2, 0) is 6.54 Å². The van der Waals surface area contributed by atoms with Crippen LogP contribution in [0.4, 0.5) is 4.39 Å². The lowest BCUT2D eigenvalue weighted by atomic mass is 10.1. The Labute approximate surface area is 129 Å². The van der Waals surface area contributed by atoms with Crippen LogP contribution in [0.5, 0.6) is 11.5 Å². The zero-order valence-corrected chi connectivity index (χ0v) is 13.0. The van der Waals surface area contributed by atoms with Gasteiger partial charge in [-0.2, -0.15) is 0 Å². The second kappa shape index (κ2) is 7.43. The molecule has 0 bridgehead atoms. The summed E-state index contributed by atoms with van der Waals surface area (Å²) in [5.41, 5.74) is 2.25. The Balaban J connectivity index is 2.08. The summed E-state index contributed by atoms with van der Waals surface area (Å²) in [7, 11) is 0. The van der Waals surface area contributed by atoms with Gasteiger partial charge in [-0.3, -0.25) is 0 Å². The fraction of sp³-hybridized carbons (Fsp3) is 0.294. The summed E-state index contributed by atoms with van der Waals surface area (Å²) in [6.07, 6.45) is 1.12. The maximum Gasteiger partial charge on any atom is 0.142 e. The van der Waals surface area contributed by atoms with E-state index in [0.29, 0.717) is 5.75 Å². The molecular formula is C17H19ClFNO. The van der Waals surface area contributed by atoms with E-state index in [-0.39, 0.29) is 5.02 Å². The predicted molar refractivity (Wildman–Crippen MR) is 84.7 cm³/mol. The standard InChI is InChI=1S/C17H19ClFNO/c1-3-8-20-11-13-4-7-17(12(2)9-13)21-14-5-6-16(19)15(18)10-14/h4-7,9-10,20H,3,8,11H2,1-2H3. The van der Waals surface area contributed by atoms with Gasteiger partial charge >= 0.3 is 0 Å². The summed E-state index contributed by atoms with van der Waals surface area (Å²) >= 11 is 5.75. The topological polar surface area (TPSA) is 21.3 Å². The first-order valence-electron chi connectivity index (χ1n) is 7.03. The van der Waals surface area contributed by atoms with Crippen LogP contribution in [0.3, 0.4) is 0 Å². The molecule has 0 amide bonds. The number of hydrogen-bond acceptors (Lipinski definition) is 2. The maximum absolute atomic E-state index is 13.1. The van der Waals surface area contributed by atoms with Crippen LogP contribution < -0.4 is 10.1 Å². The Kier molecular flexibility index (Phi) is 5.59. The molecule has 0 aliphatic carbocycles. The Morgan fingerprint density at radius 3 is 2.67 bits per heavy atom. The minimum atomic E-state index is -0.446. The van der Waals surface area contributed by atoms with Gasteiger partial charge in [0.05, 0.1) is 5.02 Å². The molecule has 2 aromatic rings. The smallest absolute Gasteiger partial charge is 0.142 e. The number of ether oxygens (including phenoxy) is 1. The second-order valence-corrected chi connectivity index (χ2v) is 5.36. The molecule has 2 aromatic carbocycles. The fourth-order valence-corrected chi connectivity index (χ4v) is 2.18. The molecule has 0 aliphatic rings. The van der Waals surface area contributed by atoms with Gasteiger partial charge in [0.2, 0.25) is 0 Å². The highest BCUT2D eigenvalue weighted by Crippen LogP contribution is 2.28. The number of benzene rings is 2. The van der Waals surface area contributed by atoms with E-state index in [0.717, 1.165) is 30.8 Å². The highest BCUT2D eigenvalue weighted by atomic mass is 35.5. The summed E-state index contributed by atoms with van der Waals surface area (Å²) in [6.45, 7) is 5.98. The first-order chi connectivity index (χ1) is 10.1. The molecule has 2 rings (SSSR count). The number of rotatable bonds is 6. The van der Waals surface area contributed by atoms with Crippen molar-refractivity contribution in [3.63, 3.8) is 0 Å². The van der Waals surface area contributed by atoms with Gasteiger partial charge in [0.15, 0.2) is 0 Å². The van der Waals surface area contributed by atoms with Gasteiger partial charge in [-0.15, -0.1) is 0 Å². The summed E-state index contributed by atoms with van der Waals surface area (Å²) in [5, 5.41) is 3.42. The van der Waals surface area contributed by atoms with Crippen LogP contribution in [0.25, 0.3) is 0 Å². The normalized spacial score (nSPS) is 10.7. The SMILES string of the molecule is CCCNCc1ccc(Oc2ccc(F)c(Cl)c2)c(C)c1. The van der Waals surface area contributed by atoms with Gasteiger partial charge in [0.1, 0.15) is 17.3 Å². The van der Waals surface area contributed by atoms with Crippen molar-refractivity contribution >= 4 is 11.6 Å². The third-order valence-electron chi connectivity index (χ3n) is 3.11. The molecule has 0 spiro atoms. The minimum absolute atomic E-state index is 0.0607. The lowest BCUT2D eigenvalue weighted by molar-refractivity contribution is 0.476. The van der Waals surface area contributed by atoms with Gasteiger partial charge in [-0.25, -0.2) is 4.39 Å². The quantitative estimate of drug-likeness (QED) is 0.751. The van der Waals surface area contributed by atoms with Crippen molar-refractivity contribution in [3.05, 3.63) is 58.4 Å². The van der Waals surface area contributed by atoms with E-state index in [4.69, 9.17) is 16.3 Å². The first kappa shape index (κ1) is 15.8. The largest absolute Gasteiger partial charge is 0.457 e. The molecule has 0 radical (unpaired) electrons. The van der Waals surface area contributed by atoms with Gasteiger partial charge in [0, 0.05) is 12.6 Å². The monoisotopic (exact) mass is 307 g/mol. The summed E-state index contributed by atoms with van der Waals surface area (Å²) in [6, 6.07) is 10.4. The maximum atomic E-state index is 13.1. The van der Waals surface area contributed by atoms with Crippen molar-refractivity contribution in [1.29, 1.82) is 0 Å². The number of halogens is 2. The average Bonchev–Trinajstić information content (AvgIpc) is 2.46. The Hall–Kier alpha value is -1.58. The van der Waals surface area contributed by atoms with Crippen LogP contribution in [0.1, 0.15) is 24.5 Å². The van der Waals surface area contributed by atoms with E-state index in [1.165, 1.54) is 17.7 Å². The van der Waals surface area contributed by atoms with E-state index in [1.54, 1.807) is 6.07 Å². The molecule has 0 unspecified atom stereocenters. The molecule has 0 atom stereocenters. The van der Waals surface area contributed by atoms with Crippen LogP contribution in [0.2, 0.25) is 5.02 Å². The van der Waals surface area contributed by atoms with Crippen molar-refractivity contribution < 1.29 is 9.13 Å². The molecule has 112 valence electrons. The van der Waals surface area contributed by atoms with Crippen molar-refractivity contribution in [3.8, 4) is 11.5 Å². The molecule has 1 N–H and O–H groups in total. The second-order valence-electron chi connectivity index (χ2n) is 4.95. The molecular weight excluding hydrogens is 289 g/mol. The molecule has 0 saturated carbocycles. The van der Waals surface area contributed by atoms with Crippen molar-refractivity contribution in [2.24, 2.45) is 0 Å². The lowest BCUT2D eigenvalue weighted by Gasteiger charge is -2.11. The van der Waals surface area contributed by atoms with E-state index in [2.05, 4.69) is 18.3 Å². The highest BCUT2D eigenvalue weighted by molar-refractivity contribution is 6.30. The van der Waals surface area contributed by atoms with Crippen LogP contribution in [-0.4, -0.2) is 6.54 Å². The number of hydrogen-bond donors (Lipinski definition) is 1. The van der Waals surface area contributed by atoms with Gasteiger partial charge in [-0.1, -0.05) is 30.7 Å². The zero-order valence-electron chi connectivity index (χ0n) is 12.2. The van der Waals surface area contributed by atoms with Crippen molar-refractivity contribution in [2.45, 2.75) is 26.8 Å². The van der Waals surface area contributed by atoms with Gasteiger partial charge in [0.25, 0.3) is 0 Å². The minimum Gasteiger partial charge on any atom is -0.457 e. The van der Waals surface area contributed by atoms with E-state index in [9.17, 15) is 4.39 Å². The molecule has 2 nitrogen and oxygen atoms in total. The van der Waals surface area contributed by atoms with Gasteiger partial charge in [-0.05, 0) is 49.2 Å². The third kappa shape index (κ3) is 4.45. The third-order valence-corrected chi connectivity index (χ3v) is 3.40. The molecule has 0 aliphatic heterocycles. The first-order valence-corrected chi connectivity index (χ1v) is 7.41. The van der Waals surface area contributed by atoms with Crippen molar-refractivity contribution in [1.82, 2.24) is 5.32 Å². The fourth-order valence-electron chi connectivity index (χ4n) is 2.01. The molecule has 0 saturated heterocycles. The van der Waals surface area contributed by atoms with E-state index in [1.807, 2.05) is 19.1 Å². The summed E-state index contributed by atoms with van der Waals surface area (Å²) < 4.78 is 18.9. The molecule has 0 heterocycles. The van der Waals surface area contributed by atoms with Crippen molar-refractivity contribution in [2.75, 3.05) is 6.54 Å². The lowest BCUT2D eigenvalue weighted by Crippen LogP contribution is -2.13. The Morgan fingerprint density at radius 2 is 2.00 bits per heavy atom. The average molecular weight is 308 g/mol. The van der Waals surface area contributed by atoms with Crippen LogP contribution >= 0.6 is 11.6 Å². The number of nitrogens with one attached hydrogen (secondary N) is 1. The number of aryl methyl sites for hydroxylation is 1. The molecule has 21 heavy (non-hydrogen) atoms. The highest BCUT2D eigenvalue weighted by Gasteiger charge is 2.06. The van der Waals surface area contributed by atoms with E-state index < -0.39 is 5.82 Å². The molecule has 0 fully saturated rings. The zero-order chi connectivity index (χ0) is 15.2. The van der Waals surface area contributed by atoms with Crippen LogP contribution in [0, 0.1) is 12.7 Å². The van der Waals surface area contributed by atoms with E-state index >= 15 is 0 Å². The molecule has 4 heteroatoms. The van der Waals surface area contributed by atoms with Gasteiger partial charge < -0.3 is 10.1 Å². The Morgan fingerprint density at radius 1 is 1.19 bits per heavy atom.